The number of imide groups is 2. The van der Waals surface area contributed by atoms with Gasteiger partial charge in [0.1, 0.15) is 11.6 Å². The molecule has 1 saturated carbocycles. The number of alkyl halides is 2. The molecule has 1 N–H and O–H groups in total. The first-order chi connectivity index (χ1) is 20.2. The Hall–Kier alpha value is -3.49. The molecule has 2 aliphatic carbocycles. The van der Waals surface area contributed by atoms with Gasteiger partial charge >= 0.3 is 0 Å². The van der Waals surface area contributed by atoms with Crippen LogP contribution in [0.3, 0.4) is 0 Å². The van der Waals surface area contributed by atoms with E-state index in [1.54, 1.807) is 45.0 Å². The van der Waals surface area contributed by atoms with E-state index in [-0.39, 0.29) is 41.7 Å². The van der Waals surface area contributed by atoms with Gasteiger partial charge in [0, 0.05) is 17.0 Å². The Kier molecular flexibility index (Phi) is 6.71. The molecule has 0 radical (unpaired) electrons. The van der Waals surface area contributed by atoms with Gasteiger partial charge in [0.2, 0.25) is 11.8 Å². The maximum absolute atomic E-state index is 14.4. The molecule has 2 heterocycles. The van der Waals surface area contributed by atoms with Gasteiger partial charge in [-0.25, -0.2) is 9.29 Å². The topological polar surface area (TPSA) is 95.0 Å². The number of fused-ring (bicyclic) bond motifs is 4. The summed E-state index contributed by atoms with van der Waals surface area (Å²) in [7, 11) is 0. The molecule has 10 heteroatoms. The Morgan fingerprint density at radius 3 is 2.33 bits per heavy atom. The van der Waals surface area contributed by atoms with Crippen molar-refractivity contribution in [1.29, 1.82) is 0 Å². The number of aromatic hydroxyl groups is 1. The van der Waals surface area contributed by atoms with Crippen LogP contribution in [0.4, 0.5) is 10.1 Å². The number of carbonyl (C=O) groups is 4. The zero-order valence-electron chi connectivity index (χ0n) is 23.9. The highest BCUT2D eigenvalue weighted by molar-refractivity contribution is 6.58. The average molecular weight is 626 g/mol. The molecule has 4 aliphatic rings. The van der Waals surface area contributed by atoms with Crippen molar-refractivity contribution in [2.45, 2.75) is 61.2 Å². The first kappa shape index (κ1) is 29.6. The summed E-state index contributed by atoms with van der Waals surface area (Å²) in [6.45, 7) is 9.11. The smallest absolute Gasteiger partial charge is 0.258 e. The molecule has 2 aliphatic heterocycles. The van der Waals surface area contributed by atoms with E-state index in [0.717, 1.165) is 17.0 Å². The molecular weight excluding hydrogens is 594 g/mol. The van der Waals surface area contributed by atoms with E-state index in [4.69, 9.17) is 23.2 Å². The van der Waals surface area contributed by atoms with Crippen molar-refractivity contribution < 1.29 is 28.7 Å². The highest BCUT2D eigenvalue weighted by Crippen LogP contribution is 2.66. The van der Waals surface area contributed by atoms with Gasteiger partial charge in [-0.05, 0) is 75.8 Å². The summed E-state index contributed by atoms with van der Waals surface area (Å²) in [4.78, 5) is 54.2. The highest BCUT2D eigenvalue weighted by atomic mass is 35.5. The number of carbonyl (C=O) groups excluding carboxylic acids is 4. The van der Waals surface area contributed by atoms with Gasteiger partial charge in [0.05, 0.1) is 17.5 Å². The van der Waals surface area contributed by atoms with Crippen LogP contribution in [0.15, 0.2) is 66.8 Å². The molecule has 0 spiro atoms. The van der Waals surface area contributed by atoms with Crippen molar-refractivity contribution in [2.24, 2.45) is 17.8 Å². The second kappa shape index (κ2) is 9.76. The predicted octanol–water partition coefficient (Wildman–Crippen LogP) is 5.62. The van der Waals surface area contributed by atoms with Crippen molar-refractivity contribution >= 4 is 52.5 Å². The lowest BCUT2D eigenvalue weighted by molar-refractivity contribution is -0.145. The molecule has 43 heavy (non-hydrogen) atoms. The first-order valence-corrected chi connectivity index (χ1v) is 15.0. The number of phenols is 1. The van der Waals surface area contributed by atoms with E-state index in [0.29, 0.717) is 17.6 Å². The number of amides is 4. The maximum atomic E-state index is 14.4. The van der Waals surface area contributed by atoms with E-state index < -0.39 is 56.6 Å². The lowest BCUT2D eigenvalue weighted by atomic mass is 9.56. The standard InChI is InChI=1S/C33H31Cl2FN2O5/c1-5-7-17-8-6-9-22(26(17)39)25-20-14-15-21-24(28(41)38(27(21)40)31(2,3)4)23(20)16-32(34)29(42)37(30(43)33(25,32)35)19-12-10-18(36)11-13-19/h5-6,8-14,21,23-25,39H,1,7,15-16H2,2-4H3/t21-,23+,24-,25+,32+,33-/m0/s1. The third-order valence-corrected chi connectivity index (χ3v) is 10.8. The van der Waals surface area contributed by atoms with Gasteiger partial charge < -0.3 is 5.11 Å². The van der Waals surface area contributed by atoms with Crippen molar-refractivity contribution in [3.8, 4) is 5.75 Å². The van der Waals surface area contributed by atoms with Crippen LogP contribution in [0.25, 0.3) is 0 Å². The lowest BCUT2D eigenvalue weighted by Crippen LogP contribution is -2.60. The minimum atomic E-state index is -2.12. The molecule has 0 aromatic heterocycles. The molecule has 7 nitrogen and oxygen atoms in total. The normalized spacial score (nSPS) is 32.0. The van der Waals surface area contributed by atoms with Gasteiger partial charge in [-0.1, -0.05) is 35.9 Å². The van der Waals surface area contributed by atoms with Crippen molar-refractivity contribution in [3.05, 3.63) is 83.7 Å². The number of phenolic OH excluding ortho intramolecular Hbond substituents is 1. The fourth-order valence-electron chi connectivity index (χ4n) is 7.57. The quantitative estimate of drug-likeness (QED) is 0.271. The molecule has 224 valence electrons. The predicted molar refractivity (Wildman–Crippen MR) is 160 cm³/mol. The largest absolute Gasteiger partial charge is 0.507 e. The SMILES string of the molecule is C=CCc1cccc([C@H]2C3=CC[C@@H]4C(=O)N(C(C)(C)C)C(=O)[C@@H]4[C@@H]3C[C@@]3(Cl)C(=O)N(c4ccc(F)cc4)C(=O)[C@@]23Cl)c1O. The number of hydrogen-bond donors (Lipinski definition) is 1. The van der Waals surface area contributed by atoms with Gasteiger partial charge in [-0.2, -0.15) is 0 Å². The van der Waals surface area contributed by atoms with Crippen molar-refractivity contribution in [1.82, 2.24) is 4.90 Å². The number of para-hydroxylation sites is 1. The number of benzene rings is 2. The summed E-state index contributed by atoms with van der Waals surface area (Å²) < 4.78 is 13.8. The number of anilines is 1. The van der Waals surface area contributed by atoms with Crippen LogP contribution < -0.4 is 4.90 Å². The van der Waals surface area contributed by atoms with Crippen LogP contribution in [0.2, 0.25) is 0 Å². The summed E-state index contributed by atoms with van der Waals surface area (Å²) in [5.74, 6) is -6.29. The Morgan fingerprint density at radius 1 is 1.02 bits per heavy atom. The van der Waals surface area contributed by atoms with E-state index in [9.17, 15) is 28.7 Å². The second-order valence-electron chi connectivity index (χ2n) is 12.8. The van der Waals surface area contributed by atoms with Crippen molar-refractivity contribution in [2.75, 3.05) is 4.90 Å². The van der Waals surface area contributed by atoms with E-state index in [1.807, 2.05) is 6.08 Å². The summed E-state index contributed by atoms with van der Waals surface area (Å²) in [6.07, 6.45) is 3.81. The van der Waals surface area contributed by atoms with Gasteiger partial charge in [-0.15, -0.1) is 29.8 Å². The van der Waals surface area contributed by atoms with Gasteiger partial charge in [-0.3, -0.25) is 24.1 Å². The Bertz CT molecular complexity index is 1630. The van der Waals surface area contributed by atoms with Gasteiger partial charge in [0.25, 0.3) is 11.8 Å². The summed E-state index contributed by atoms with van der Waals surface area (Å²) >= 11 is 14.7. The number of nitrogens with zero attached hydrogens (tertiary/aromatic N) is 2. The molecule has 6 atom stereocenters. The Morgan fingerprint density at radius 2 is 1.70 bits per heavy atom. The van der Waals surface area contributed by atoms with E-state index >= 15 is 0 Å². The number of likely N-dealkylation sites (tertiary alicyclic amines) is 1. The van der Waals surface area contributed by atoms with Crippen LogP contribution in [-0.2, 0) is 25.6 Å². The summed E-state index contributed by atoms with van der Waals surface area (Å²) in [6, 6.07) is 9.89. The maximum Gasteiger partial charge on any atom is 0.258 e. The Labute approximate surface area is 258 Å². The highest BCUT2D eigenvalue weighted by Gasteiger charge is 2.77. The molecule has 2 aromatic rings. The molecular formula is C33H31Cl2FN2O5. The fraction of sp³-hybridized carbons (Fsp3) is 0.394. The third-order valence-electron chi connectivity index (χ3n) is 9.39. The molecule has 0 bridgehead atoms. The zero-order chi connectivity index (χ0) is 31.2. The Balaban J connectivity index is 1.58. The molecule has 6 rings (SSSR count). The number of halogens is 3. The zero-order valence-corrected chi connectivity index (χ0v) is 25.5. The fourth-order valence-corrected chi connectivity index (χ4v) is 8.50. The molecule has 2 aromatic carbocycles. The van der Waals surface area contributed by atoms with E-state index in [2.05, 4.69) is 6.58 Å². The molecule has 4 amide bonds. The third kappa shape index (κ3) is 3.91. The van der Waals surface area contributed by atoms with Crippen LogP contribution in [0.1, 0.15) is 50.7 Å². The first-order valence-electron chi connectivity index (χ1n) is 14.2. The second-order valence-corrected chi connectivity index (χ2v) is 14.0. The average Bonchev–Trinajstić information content (AvgIpc) is 3.29. The minimum Gasteiger partial charge on any atom is -0.507 e. The molecule has 2 saturated heterocycles. The number of rotatable bonds is 4. The minimum absolute atomic E-state index is 0.0927. The molecule has 3 fully saturated rings. The van der Waals surface area contributed by atoms with E-state index in [1.165, 1.54) is 17.0 Å². The van der Waals surface area contributed by atoms with Gasteiger partial charge in [0.15, 0.2) is 9.75 Å². The lowest BCUT2D eigenvalue weighted by Gasteiger charge is -2.50. The number of hydrogen-bond acceptors (Lipinski definition) is 5. The van der Waals surface area contributed by atoms with Crippen LogP contribution in [0, 0.1) is 23.6 Å². The summed E-state index contributed by atoms with van der Waals surface area (Å²) in [5.41, 5.74) is 0.709. The van der Waals surface area contributed by atoms with Crippen LogP contribution in [0.5, 0.6) is 5.75 Å². The van der Waals surface area contributed by atoms with Crippen LogP contribution >= 0.6 is 23.2 Å². The van der Waals surface area contributed by atoms with Crippen LogP contribution in [-0.4, -0.2) is 48.9 Å². The van der Waals surface area contributed by atoms with Crippen molar-refractivity contribution in [3.63, 3.8) is 0 Å². The monoisotopic (exact) mass is 624 g/mol. The summed E-state index contributed by atoms with van der Waals surface area (Å²) in [5, 5.41) is 11.5. The number of allylic oxidation sites excluding steroid dienone is 3. The molecule has 0 unspecified atom stereocenters.